The van der Waals surface area contributed by atoms with E-state index in [-0.39, 0.29) is 6.23 Å². The molecule has 0 radical (unpaired) electrons. The molecule has 0 rings (SSSR count). The van der Waals surface area contributed by atoms with Gasteiger partial charge in [0.2, 0.25) is 0 Å². The molecule has 0 aromatic carbocycles. The van der Waals surface area contributed by atoms with Crippen molar-refractivity contribution in [3.63, 3.8) is 0 Å². The van der Waals surface area contributed by atoms with Crippen molar-refractivity contribution in [2.45, 2.75) is 0 Å². The third-order valence-electron chi connectivity index (χ3n) is 0.675. The third-order valence-corrected chi connectivity index (χ3v) is 5.18. The van der Waals surface area contributed by atoms with E-state index in [1.165, 1.54) is 0 Å². The van der Waals surface area contributed by atoms with E-state index in [1.807, 2.05) is 0 Å². The van der Waals surface area contributed by atoms with E-state index in [4.69, 9.17) is 13.3 Å². The summed E-state index contributed by atoms with van der Waals surface area (Å²) in [4.78, 5) is 0. The van der Waals surface area contributed by atoms with E-state index in [1.54, 1.807) is 0 Å². The quantitative estimate of drug-likeness (QED) is 0.426. The Morgan fingerprint density at radius 1 is 1.43 bits per heavy atom. The van der Waals surface area contributed by atoms with E-state index in [2.05, 4.69) is 0 Å². The molecule has 0 aliphatic carbocycles. The lowest BCUT2D eigenvalue weighted by atomic mass is 11.7. The van der Waals surface area contributed by atoms with Crippen LogP contribution in [-0.2, 0) is 8.23 Å². The third kappa shape index (κ3) is 3.14. The topological polar surface area (TPSA) is 38.7 Å². The second kappa shape index (κ2) is 4.68. The Bertz CT molecular complexity index is 31.7. The summed E-state index contributed by atoms with van der Waals surface area (Å²) < 4.78 is 9.78. The molecule has 0 atom stereocenters. The highest BCUT2D eigenvalue weighted by atomic mass is 28.4. The SMILES string of the molecule is OC[SiH](O[SiH3])O[SiH3]. The van der Waals surface area contributed by atoms with Gasteiger partial charge in [0.15, 0.2) is 0 Å². The van der Waals surface area contributed by atoms with Crippen LogP contribution in [0, 0.1) is 0 Å². The second-order valence-electron chi connectivity index (χ2n) is 1.08. The van der Waals surface area contributed by atoms with Gasteiger partial charge < -0.3 is 13.3 Å². The van der Waals surface area contributed by atoms with Gasteiger partial charge in [-0.2, -0.15) is 0 Å². The minimum atomic E-state index is -1.49. The first-order valence-corrected chi connectivity index (χ1v) is 5.40. The zero-order valence-corrected chi connectivity index (χ0v) is 9.70. The summed E-state index contributed by atoms with van der Waals surface area (Å²) in [6, 6.07) is 0. The van der Waals surface area contributed by atoms with Crippen LogP contribution < -0.4 is 0 Å². The van der Waals surface area contributed by atoms with Gasteiger partial charge >= 0.3 is 9.28 Å². The van der Waals surface area contributed by atoms with Crippen molar-refractivity contribution in [1.29, 1.82) is 0 Å². The molecule has 0 aromatic rings. The molecule has 0 fully saturated rings. The molecule has 0 aliphatic rings. The van der Waals surface area contributed by atoms with Crippen molar-refractivity contribution in [2.24, 2.45) is 0 Å². The van der Waals surface area contributed by atoms with Crippen molar-refractivity contribution < 1.29 is 13.3 Å². The van der Waals surface area contributed by atoms with Crippen LogP contribution in [0.15, 0.2) is 0 Å². The highest BCUT2D eigenvalue weighted by Gasteiger charge is 2.02. The van der Waals surface area contributed by atoms with E-state index < -0.39 is 9.28 Å². The average molecular weight is 154 g/mol. The van der Waals surface area contributed by atoms with E-state index in [9.17, 15) is 0 Å². The minimum Gasteiger partial charge on any atom is -0.446 e. The summed E-state index contributed by atoms with van der Waals surface area (Å²) >= 11 is 0. The minimum absolute atomic E-state index is 0.118. The van der Waals surface area contributed by atoms with Crippen molar-refractivity contribution in [3.8, 4) is 0 Å². The maximum Gasteiger partial charge on any atom is 0.326 e. The number of rotatable bonds is 3. The normalized spacial score (nSPS) is 15.0. The monoisotopic (exact) mass is 154 g/mol. The number of aliphatic hydroxyl groups excluding tert-OH is 1. The standard InChI is InChI=1S/CH10O3Si3/c2-1-7(3-5)4-6/h2,7H,1H2,5-6H3. The van der Waals surface area contributed by atoms with E-state index >= 15 is 0 Å². The Labute approximate surface area is 50.6 Å². The average Bonchev–Trinajstić information content (AvgIpc) is 1.72. The molecule has 0 aliphatic heterocycles. The summed E-state index contributed by atoms with van der Waals surface area (Å²) in [6.45, 7) is 0. The molecule has 7 heavy (non-hydrogen) atoms. The van der Waals surface area contributed by atoms with Crippen molar-refractivity contribution in [2.75, 3.05) is 6.23 Å². The molecule has 3 nitrogen and oxygen atoms in total. The van der Waals surface area contributed by atoms with Crippen LogP contribution in [0.1, 0.15) is 0 Å². The lowest BCUT2D eigenvalue weighted by molar-refractivity contribution is 0.312. The van der Waals surface area contributed by atoms with Crippen LogP contribution in [-0.4, -0.2) is 41.6 Å². The predicted octanol–water partition coefficient (Wildman–Crippen LogP) is -3.67. The number of aliphatic hydroxyl groups is 1. The van der Waals surface area contributed by atoms with Gasteiger partial charge in [-0.15, -0.1) is 0 Å². The van der Waals surface area contributed by atoms with Gasteiger partial charge in [-0.3, -0.25) is 0 Å². The van der Waals surface area contributed by atoms with Gasteiger partial charge in [0.05, 0.1) is 6.23 Å². The maximum absolute atomic E-state index is 8.38. The predicted molar refractivity (Wildman–Crippen MR) is 36.3 cm³/mol. The Morgan fingerprint density at radius 3 is 1.86 bits per heavy atom. The van der Waals surface area contributed by atoms with Gasteiger partial charge in [0, 0.05) is 0 Å². The van der Waals surface area contributed by atoms with E-state index in [0.717, 1.165) is 0 Å². The summed E-state index contributed by atoms with van der Waals surface area (Å²) in [5, 5.41) is 8.38. The largest absolute Gasteiger partial charge is 0.446 e. The molecule has 0 unspecified atom stereocenters. The molecular formula is CH10O3Si3. The lowest BCUT2D eigenvalue weighted by Gasteiger charge is -2.06. The molecule has 0 bridgehead atoms. The van der Waals surface area contributed by atoms with Gasteiger partial charge in [-0.05, 0) is 0 Å². The van der Waals surface area contributed by atoms with Crippen LogP contribution in [0.2, 0.25) is 0 Å². The Hall–Kier alpha value is 0.531. The Balaban J connectivity index is 2.99. The fourth-order valence-electron chi connectivity index (χ4n) is 0.245. The zero-order valence-electron chi connectivity index (χ0n) is 4.55. The van der Waals surface area contributed by atoms with Crippen LogP contribution >= 0.6 is 0 Å². The zero-order chi connectivity index (χ0) is 5.70. The molecular weight excluding hydrogens is 144 g/mol. The highest BCUT2D eigenvalue weighted by Crippen LogP contribution is 1.77. The fourth-order valence-corrected chi connectivity index (χ4v) is 3.94. The highest BCUT2D eigenvalue weighted by molar-refractivity contribution is 6.52. The smallest absolute Gasteiger partial charge is 0.326 e. The van der Waals surface area contributed by atoms with Crippen LogP contribution in [0.5, 0.6) is 0 Å². The molecule has 44 valence electrons. The maximum atomic E-state index is 8.38. The van der Waals surface area contributed by atoms with Gasteiger partial charge in [-0.25, -0.2) is 0 Å². The molecule has 6 heteroatoms. The molecule has 0 spiro atoms. The summed E-state index contributed by atoms with van der Waals surface area (Å²) in [5.41, 5.74) is 0. The van der Waals surface area contributed by atoms with Gasteiger partial charge in [0.25, 0.3) is 0 Å². The molecule has 0 aromatic heterocycles. The van der Waals surface area contributed by atoms with Crippen molar-refractivity contribution in [1.82, 2.24) is 0 Å². The van der Waals surface area contributed by atoms with Gasteiger partial charge in [0.1, 0.15) is 21.0 Å². The number of hydrogen-bond donors (Lipinski definition) is 1. The van der Waals surface area contributed by atoms with Crippen LogP contribution in [0.3, 0.4) is 0 Å². The first-order valence-electron chi connectivity index (χ1n) is 2.01. The Morgan fingerprint density at radius 2 is 1.86 bits per heavy atom. The Kier molecular flexibility index (Phi) is 5.04. The van der Waals surface area contributed by atoms with Crippen molar-refractivity contribution in [3.05, 3.63) is 0 Å². The summed E-state index contributed by atoms with van der Waals surface area (Å²) in [7, 11) is -0.111. The lowest BCUT2D eigenvalue weighted by Crippen LogP contribution is -2.25. The summed E-state index contributed by atoms with van der Waals surface area (Å²) in [6.07, 6.45) is 0.118. The molecule has 0 amide bonds. The van der Waals surface area contributed by atoms with E-state index in [0.29, 0.717) is 21.0 Å². The summed E-state index contributed by atoms with van der Waals surface area (Å²) in [5.74, 6) is 0. The second-order valence-corrected chi connectivity index (χ2v) is 6.08. The first kappa shape index (κ1) is 7.53. The van der Waals surface area contributed by atoms with Crippen LogP contribution in [0.25, 0.3) is 0 Å². The first-order chi connectivity index (χ1) is 3.35. The molecule has 0 heterocycles. The molecule has 0 saturated carbocycles. The fraction of sp³-hybridized carbons (Fsp3) is 1.00. The van der Waals surface area contributed by atoms with Crippen molar-refractivity contribution >= 4 is 30.3 Å². The molecule has 0 saturated heterocycles. The van der Waals surface area contributed by atoms with Crippen LogP contribution in [0.4, 0.5) is 0 Å². The number of hydrogen-bond acceptors (Lipinski definition) is 3. The van der Waals surface area contributed by atoms with Gasteiger partial charge in [-0.1, -0.05) is 0 Å². The molecule has 1 N–H and O–H groups in total.